The molecule has 8 nitrogen and oxygen atoms in total. The van der Waals surface area contributed by atoms with Crippen LogP contribution in [0.15, 0.2) is 12.1 Å². The summed E-state index contributed by atoms with van der Waals surface area (Å²) < 4.78 is 1.58. The number of aromatic nitrogens is 4. The largest absolute Gasteiger partial charge is 0.508 e. The minimum absolute atomic E-state index is 0.0714. The molecular formula is C15H16N6O2. The molecule has 2 aromatic heterocycles. The van der Waals surface area contributed by atoms with Gasteiger partial charge in [0.05, 0.1) is 5.69 Å². The zero-order valence-electron chi connectivity index (χ0n) is 13.0. The van der Waals surface area contributed by atoms with Gasteiger partial charge in [-0.2, -0.15) is 0 Å². The van der Waals surface area contributed by atoms with Crippen LogP contribution in [0.4, 0.5) is 5.82 Å². The molecule has 3 rings (SSSR count). The Morgan fingerprint density at radius 1 is 1.22 bits per heavy atom. The molecule has 8 heteroatoms. The van der Waals surface area contributed by atoms with Gasteiger partial charge in [0.2, 0.25) is 0 Å². The van der Waals surface area contributed by atoms with Gasteiger partial charge in [-0.05, 0) is 32.4 Å². The molecule has 2 heterocycles. The smallest absolute Gasteiger partial charge is 0.254 e. The molecule has 0 radical (unpaired) electrons. The first-order valence-corrected chi connectivity index (χ1v) is 6.93. The summed E-state index contributed by atoms with van der Waals surface area (Å²) in [5, 5.41) is 17.9. The molecule has 0 unspecified atom stereocenters. The van der Waals surface area contributed by atoms with Gasteiger partial charge in [-0.15, -0.1) is 10.2 Å². The molecule has 0 aliphatic carbocycles. The Morgan fingerprint density at radius 3 is 2.57 bits per heavy atom. The van der Waals surface area contributed by atoms with E-state index in [1.807, 2.05) is 6.92 Å². The monoisotopic (exact) mass is 312 g/mol. The number of anilines is 1. The van der Waals surface area contributed by atoms with Crippen molar-refractivity contribution in [1.82, 2.24) is 19.7 Å². The molecule has 118 valence electrons. The molecule has 5 N–H and O–H groups in total. The first-order valence-electron chi connectivity index (χ1n) is 6.93. The Hall–Kier alpha value is -3.16. The number of hydrogen-bond donors (Lipinski definition) is 3. The van der Waals surface area contributed by atoms with Gasteiger partial charge in [0, 0.05) is 5.56 Å². The average molecular weight is 312 g/mol. The Kier molecular flexibility index (Phi) is 3.17. The van der Waals surface area contributed by atoms with E-state index in [1.54, 1.807) is 30.5 Å². The Labute approximate surface area is 131 Å². The minimum atomic E-state index is -0.707. The van der Waals surface area contributed by atoms with Gasteiger partial charge < -0.3 is 16.6 Å². The van der Waals surface area contributed by atoms with Crippen LogP contribution >= 0.6 is 0 Å². The maximum atomic E-state index is 11.8. The number of phenolic OH excluding ortho intramolecular Hbond substituents is 1. The van der Waals surface area contributed by atoms with Crippen molar-refractivity contribution in [1.29, 1.82) is 0 Å². The number of nitrogen functional groups attached to an aromatic ring is 1. The van der Waals surface area contributed by atoms with Crippen LogP contribution in [0.2, 0.25) is 0 Å². The second kappa shape index (κ2) is 4.94. The van der Waals surface area contributed by atoms with E-state index in [9.17, 15) is 9.90 Å². The summed E-state index contributed by atoms with van der Waals surface area (Å²) in [7, 11) is 0. The lowest BCUT2D eigenvalue weighted by molar-refractivity contribution is 0.100. The number of rotatable bonds is 2. The van der Waals surface area contributed by atoms with Crippen LogP contribution in [-0.4, -0.2) is 30.8 Å². The molecule has 0 spiro atoms. The van der Waals surface area contributed by atoms with Crippen molar-refractivity contribution < 1.29 is 9.90 Å². The Balaban J connectivity index is 2.53. The van der Waals surface area contributed by atoms with Gasteiger partial charge in [-0.1, -0.05) is 6.07 Å². The Morgan fingerprint density at radius 2 is 1.91 bits per heavy atom. The number of carbonyl (C=O) groups excluding carboxylic acids is 1. The summed E-state index contributed by atoms with van der Waals surface area (Å²) in [4.78, 5) is 16.1. The molecule has 3 aromatic rings. The lowest BCUT2D eigenvalue weighted by Gasteiger charge is -2.15. The van der Waals surface area contributed by atoms with Crippen molar-refractivity contribution >= 4 is 22.9 Å². The number of aromatic hydroxyl groups is 1. The molecule has 1 amide bonds. The highest BCUT2D eigenvalue weighted by atomic mass is 16.3. The molecule has 0 bridgehead atoms. The van der Waals surface area contributed by atoms with E-state index in [-0.39, 0.29) is 22.6 Å². The first-order chi connectivity index (χ1) is 10.8. The highest BCUT2D eigenvalue weighted by molar-refractivity contribution is 6.09. The highest BCUT2D eigenvalue weighted by Gasteiger charge is 2.25. The fourth-order valence-electron chi connectivity index (χ4n) is 2.70. The van der Waals surface area contributed by atoms with E-state index in [4.69, 9.17) is 11.5 Å². The second-order valence-electron chi connectivity index (χ2n) is 5.37. The lowest BCUT2D eigenvalue weighted by atomic mass is 10.1. The normalized spacial score (nSPS) is 11.1. The van der Waals surface area contributed by atoms with Crippen molar-refractivity contribution in [2.75, 3.05) is 5.73 Å². The third-order valence-corrected chi connectivity index (χ3v) is 3.79. The van der Waals surface area contributed by atoms with E-state index < -0.39 is 5.91 Å². The van der Waals surface area contributed by atoms with Crippen LogP contribution in [0.25, 0.3) is 16.9 Å². The van der Waals surface area contributed by atoms with Gasteiger partial charge in [-0.25, -0.2) is 4.98 Å². The number of hydrogen-bond acceptors (Lipinski definition) is 6. The van der Waals surface area contributed by atoms with Crippen LogP contribution in [0.5, 0.6) is 5.75 Å². The molecule has 0 saturated heterocycles. The second-order valence-corrected chi connectivity index (χ2v) is 5.37. The summed E-state index contributed by atoms with van der Waals surface area (Å²) in [5.74, 6) is -0.0349. The van der Waals surface area contributed by atoms with E-state index in [0.717, 1.165) is 5.56 Å². The number of fused-ring (bicyclic) bond motifs is 1. The molecule has 0 atom stereocenters. The van der Waals surface area contributed by atoms with Crippen LogP contribution in [0.3, 0.4) is 0 Å². The molecule has 0 aliphatic rings. The number of phenols is 1. The van der Waals surface area contributed by atoms with E-state index >= 15 is 0 Å². The third-order valence-electron chi connectivity index (χ3n) is 3.79. The van der Waals surface area contributed by atoms with Gasteiger partial charge >= 0.3 is 0 Å². The molecular weight excluding hydrogens is 296 g/mol. The fraction of sp³-hybridized carbons (Fsp3) is 0.200. The van der Waals surface area contributed by atoms with Gasteiger partial charge in [-0.3, -0.25) is 9.36 Å². The Bertz CT molecular complexity index is 960. The number of carbonyl (C=O) groups is 1. The maximum Gasteiger partial charge on any atom is 0.254 e. The predicted octanol–water partition coefficient (Wildman–Crippen LogP) is 1.13. The number of aryl methyl sites for hydroxylation is 2. The van der Waals surface area contributed by atoms with E-state index in [2.05, 4.69) is 15.2 Å². The van der Waals surface area contributed by atoms with Crippen LogP contribution in [0, 0.1) is 20.8 Å². The number of nitrogens with zero attached hydrogens (tertiary/aromatic N) is 4. The topological polar surface area (TPSA) is 133 Å². The minimum Gasteiger partial charge on any atom is -0.508 e. The summed E-state index contributed by atoms with van der Waals surface area (Å²) in [6.45, 7) is 5.32. The average Bonchev–Trinajstić information content (AvgIpc) is 2.76. The van der Waals surface area contributed by atoms with Crippen LogP contribution < -0.4 is 11.5 Å². The number of primary amides is 1. The van der Waals surface area contributed by atoms with Crippen molar-refractivity contribution in [3.05, 3.63) is 34.6 Å². The lowest BCUT2D eigenvalue weighted by Crippen LogP contribution is -2.14. The number of benzene rings is 1. The SMILES string of the molecule is Cc1nnc2c(C(N)=O)c(N)n(-c3c(C)ccc(O)c3C)c2n1. The van der Waals surface area contributed by atoms with Gasteiger partial charge in [0.1, 0.15) is 28.5 Å². The molecule has 0 fully saturated rings. The van der Waals surface area contributed by atoms with Crippen molar-refractivity contribution in [2.24, 2.45) is 5.73 Å². The predicted molar refractivity (Wildman–Crippen MR) is 85.5 cm³/mol. The van der Waals surface area contributed by atoms with Crippen molar-refractivity contribution in [3.63, 3.8) is 0 Å². The first kappa shape index (κ1) is 14.8. The zero-order chi connectivity index (χ0) is 16.9. The summed E-state index contributed by atoms with van der Waals surface area (Å²) in [6, 6.07) is 3.36. The van der Waals surface area contributed by atoms with Gasteiger partial charge in [0.15, 0.2) is 5.65 Å². The standard InChI is InChI=1S/C15H16N6O2/c1-6-4-5-9(22)7(2)12(6)21-13(16)10(14(17)23)11-15(21)18-8(3)19-20-11/h4-5,22H,16H2,1-3H3,(H2,17,23). The van der Waals surface area contributed by atoms with Crippen LogP contribution in [0.1, 0.15) is 27.3 Å². The zero-order valence-corrected chi connectivity index (χ0v) is 13.0. The van der Waals surface area contributed by atoms with Gasteiger partial charge in [0.25, 0.3) is 5.91 Å². The molecule has 1 aromatic carbocycles. The summed E-state index contributed by atoms with van der Waals surface area (Å²) in [6.07, 6.45) is 0. The highest BCUT2D eigenvalue weighted by Crippen LogP contribution is 2.34. The number of amides is 1. The van der Waals surface area contributed by atoms with E-state index in [0.29, 0.717) is 22.7 Å². The molecule has 23 heavy (non-hydrogen) atoms. The van der Waals surface area contributed by atoms with Crippen molar-refractivity contribution in [3.8, 4) is 11.4 Å². The quantitative estimate of drug-likeness (QED) is 0.649. The molecule has 0 aliphatic heterocycles. The van der Waals surface area contributed by atoms with E-state index in [1.165, 1.54) is 0 Å². The van der Waals surface area contributed by atoms with Crippen molar-refractivity contribution in [2.45, 2.75) is 20.8 Å². The van der Waals surface area contributed by atoms with Crippen LogP contribution in [-0.2, 0) is 0 Å². The summed E-state index contributed by atoms with van der Waals surface area (Å²) in [5.41, 5.74) is 14.4. The third kappa shape index (κ3) is 2.07. The summed E-state index contributed by atoms with van der Waals surface area (Å²) >= 11 is 0. The maximum absolute atomic E-state index is 11.8. The molecule has 0 saturated carbocycles. The fourth-order valence-corrected chi connectivity index (χ4v) is 2.70. The number of nitrogens with two attached hydrogens (primary N) is 2.